The highest BCUT2D eigenvalue weighted by Gasteiger charge is 2.23. The van der Waals surface area contributed by atoms with Gasteiger partial charge in [0.2, 0.25) is 0 Å². The molecule has 1 aliphatic heterocycles. The Morgan fingerprint density at radius 2 is 2.26 bits per heavy atom. The number of nitrogens with one attached hydrogen (secondary N) is 1. The molecule has 0 aliphatic carbocycles. The highest BCUT2D eigenvalue weighted by Crippen LogP contribution is 2.27. The van der Waals surface area contributed by atoms with Crippen molar-refractivity contribution in [1.82, 2.24) is 5.32 Å². The fourth-order valence-corrected chi connectivity index (χ4v) is 2.75. The van der Waals surface area contributed by atoms with Crippen molar-refractivity contribution < 1.29 is 9.47 Å². The molecule has 0 amide bonds. The van der Waals surface area contributed by atoms with Crippen molar-refractivity contribution in [2.24, 2.45) is 5.92 Å². The first-order chi connectivity index (χ1) is 9.22. The molecule has 0 bridgehead atoms. The van der Waals surface area contributed by atoms with Gasteiger partial charge in [-0.3, -0.25) is 0 Å². The molecule has 19 heavy (non-hydrogen) atoms. The van der Waals surface area contributed by atoms with Crippen LogP contribution in [0.1, 0.15) is 25.0 Å². The van der Waals surface area contributed by atoms with Crippen molar-refractivity contribution in [2.75, 3.05) is 26.9 Å². The van der Waals surface area contributed by atoms with Crippen molar-refractivity contribution in [2.45, 2.75) is 25.5 Å². The van der Waals surface area contributed by atoms with Crippen LogP contribution in [0.15, 0.2) is 24.3 Å². The Balaban J connectivity index is 1.94. The Labute approximate surface area is 120 Å². The molecule has 1 aliphatic rings. The number of benzene rings is 1. The normalized spacial score (nSPS) is 22.4. The fourth-order valence-electron chi connectivity index (χ4n) is 2.51. The van der Waals surface area contributed by atoms with E-state index in [4.69, 9.17) is 21.1 Å². The number of hydrogen-bond acceptors (Lipinski definition) is 3. The second kappa shape index (κ2) is 7.25. The second-order valence-electron chi connectivity index (χ2n) is 5.10. The van der Waals surface area contributed by atoms with Gasteiger partial charge in [-0.15, -0.1) is 0 Å². The van der Waals surface area contributed by atoms with Crippen LogP contribution in [0, 0.1) is 5.92 Å². The van der Waals surface area contributed by atoms with Gasteiger partial charge in [0.05, 0.1) is 12.7 Å². The van der Waals surface area contributed by atoms with Crippen LogP contribution in [0.3, 0.4) is 0 Å². The van der Waals surface area contributed by atoms with Gasteiger partial charge in [-0.1, -0.05) is 29.8 Å². The summed E-state index contributed by atoms with van der Waals surface area (Å²) in [5.41, 5.74) is 1.04. The molecule has 1 aromatic rings. The van der Waals surface area contributed by atoms with E-state index in [0.29, 0.717) is 5.92 Å². The molecule has 1 saturated heterocycles. The third kappa shape index (κ3) is 3.93. The van der Waals surface area contributed by atoms with Crippen LogP contribution in [0.4, 0.5) is 0 Å². The molecule has 0 unspecified atom stereocenters. The number of halogens is 1. The van der Waals surface area contributed by atoms with E-state index in [1.54, 1.807) is 7.11 Å². The summed E-state index contributed by atoms with van der Waals surface area (Å²) in [4.78, 5) is 0. The van der Waals surface area contributed by atoms with Gasteiger partial charge in [-0.05, 0) is 25.3 Å². The Morgan fingerprint density at radius 3 is 2.89 bits per heavy atom. The number of hydrogen-bond donors (Lipinski definition) is 1. The van der Waals surface area contributed by atoms with Crippen molar-refractivity contribution in [3.63, 3.8) is 0 Å². The SMILES string of the molecule is CO[C@H](c1ccccc1Cl)[C@H](C)NC[C@@H]1CCOC1. The van der Waals surface area contributed by atoms with Gasteiger partial charge in [-0.2, -0.15) is 0 Å². The maximum absolute atomic E-state index is 6.24. The third-order valence-corrected chi connectivity index (χ3v) is 4.02. The quantitative estimate of drug-likeness (QED) is 0.870. The lowest BCUT2D eigenvalue weighted by Crippen LogP contribution is -2.36. The van der Waals surface area contributed by atoms with Gasteiger partial charge < -0.3 is 14.8 Å². The molecular weight excluding hydrogens is 262 g/mol. The van der Waals surface area contributed by atoms with Gasteiger partial charge in [0, 0.05) is 36.9 Å². The summed E-state index contributed by atoms with van der Waals surface area (Å²) in [6, 6.07) is 8.07. The van der Waals surface area contributed by atoms with Gasteiger partial charge in [0.25, 0.3) is 0 Å². The number of methoxy groups -OCH3 is 1. The average Bonchev–Trinajstić information content (AvgIpc) is 2.92. The lowest BCUT2D eigenvalue weighted by molar-refractivity contribution is 0.0717. The summed E-state index contributed by atoms with van der Waals surface area (Å²) in [7, 11) is 1.73. The van der Waals surface area contributed by atoms with Crippen molar-refractivity contribution >= 4 is 11.6 Å². The predicted molar refractivity (Wildman–Crippen MR) is 77.6 cm³/mol. The molecule has 2 rings (SSSR count). The summed E-state index contributed by atoms with van der Waals surface area (Å²) >= 11 is 6.24. The first kappa shape index (κ1) is 14.8. The fraction of sp³-hybridized carbons (Fsp3) is 0.600. The van der Waals surface area contributed by atoms with Crippen LogP contribution >= 0.6 is 11.6 Å². The zero-order chi connectivity index (χ0) is 13.7. The molecule has 0 saturated carbocycles. The van der Waals surface area contributed by atoms with Crippen LogP contribution in [0.25, 0.3) is 0 Å². The minimum Gasteiger partial charge on any atom is -0.381 e. The van der Waals surface area contributed by atoms with E-state index in [-0.39, 0.29) is 12.1 Å². The minimum absolute atomic E-state index is 0.0315. The molecule has 0 spiro atoms. The van der Waals surface area contributed by atoms with Crippen molar-refractivity contribution in [3.05, 3.63) is 34.9 Å². The smallest absolute Gasteiger partial charge is 0.0985 e. The predicted octanol–water partition coefficient (Wildman–Crippen LogP) is 3.04. The second-order valence-corrected chi connectivity index (χ2v) is 5.51. The van der Waals surface area contributed by atoms with E-state index in [0.717, 1.165) is 36.8 Å². The van der Waals surface area contributed by atoms with Crippen molar-refractivity contribution in [3.8, 4) is 0 Å². The number of ether oxygens (including phenoxy) is 2. The molecule has 106 valence electrons. The zero-order valence-corrected chi connectivity index (χ0v) is 12.3. The standard InChI is InChI=1S/C15H22ClNO2/c1-11(17-9-12-7-8-19-10-12)15(18-2)13-5-3-4-6-14(13)16/h3-6,11-12,15,17H,7-10H2,1-2H3/t11-,12-,15-/m0/s1. The topological polar surface area (TPSA) is 30.5 Å². The third-order valence-electron chi connectivity index (χ3n) is 3.67. The van der Waals surface area contributed by atoms with E-state index in [1.165, 1.54) is 0 Å². The molecule has 0 radical (unpaired) electrons. The number of rotatable bonds is 6. The first-order valence-electron chi connectivity index (χ1n) is 6.80. The summed E-state index contributed by atoms with van der Waals surface area (Å²) in [5.74, 6) is 0.617. The summed E-state index contributed by atoms with van der Waals surface area (Å²) < 4.78 is 11.0. The molecule has 1 aromatic carbocycles. The molecule has 3 atom stereocenters. The summed E-state index contributed by atoms with van der Waals surface area (Å²) in [6.45, 7) is 4.85. The van der Waals surface area contributed by atoms with Crippen LogP contribution in [-0.4, -0.2) is 32.9 Å². The molecule has 4 heteroatoms. The molecule has 1 N–H and O–H groups in total. The minimum atomic E-state index is -0.0315. The Morgan fingerprint density at radius 1 is 1.47 bits per heavy atom. The molecule has 1 fully saturated rings. The van der Waals surface area contributed by atoms with E-state index in [2.05, 4.69) is 12.2 Å². The highest BCUT2D eigenvalue weighted by atomic mass is 35.5. The van der Waals surface area contributed by atoms with E-state index in [9.17, 15) is 0 Å². The largest absolute Gasteiger partial charge is 0.381 e. The summed E-state index contributed by atoms with van der Waals surface area (Å²) in [5, 5.41) is 4.29. The molecule has 3 nitrogen and oxygen atoms in total. The van der Waals surface area contributed by atoms with Gasteiger partial charge in [0.15, 0.2) is 0 Å². The van der Waals surface area contributed by atoms with Gasteiger partial charge in [0.1, 0.15) is 0 Å². The Bertz CT molecular complexity index is 393. The maximum Gasteiger partial charge on any atom is 0.0985 e. The van der Waals surface area contributed by atoms with Crippen LogP contribution in [0.2, 0.25) is 5.02 Å². The summed E-state index contributed by atoms with van der Waals surface area (Å²) in [6.07, 6.45) is 1.11. The van der Waals surface area contributed by atoms with E-state index < -0.39 is 0 Å². The zero-order valence-electron chi connectivity index (χ0n) is 11.6. The van der Waals surface area contributed by atoms with Crippen LogP contribution < -0.4 is 5.32 Å². The van der Waals surface area contributed by atoms with Crippen molar-refractivity contribution in [1.29, 1.82) is 0 Å². The van der Waals surface area contributed by atoms with Crippen LogP contribution in [-0.2, 0) is 9.47 Å². The maximum atomic E-state index is 6.24. The van der Waals surface area contributed by atoms with Gasteiger partial charge in [-0.25, -0.2) is 0 Å². The van der Waals surface area contributed by atoms with E-state index in [1.807, 2.05) is 24.3 Å². The average molecular weight is 284 g/mol. The van der Waals surface area contributed by atoms with Crippen LogP contribution in [0.5, 0.6) is 0 Å². The van der Waals surface area contributed by atoms with Gasteiger partial charge >= 0.3 is 0 Å². The molecule has 0 aromatic heterocycles. The Kier molecular flexibility index (Phi) is 5.64. The monoisotopic (exact) mass is 283 g/mol. The van der Waals surface area contributed by atoms with E-state index >= 15 is 0 Å². The molecule has 1 heterocycles. The highest BCUT2D eigenvalue weighted by molar-refractivity contribution is 6.31. The molecular formula is C15H22ClNO2. The lowest BCUT2D eigenvalue weighted by atomic mass is 10.0. The Hall–Kier alpha value is -0.610. The lowest BCUT2D eigenvalue weighted by Gasteiger charge is -2.26. The first-order valence-corrected chi connectivity index (χ1v) is 7.18.